The van der Waals surface area contributed by atoms with Gasteiger partial charge in [-0.2, -0.15) is 0 Å². The average molecular weight is 407 g/mol. The van der Waals surface area contributed by atoms with E-state index in [1.807, 2.05) is 0 Å². The molecular formula is C19H26BNO8. The minimum atomic E-state index is -1.56. The number of carbonyl (C=O) groups excluding carboxylic acids is 2. The van der Waals surface area contributed by atoms with Crippen LogP contribution >= 0.6 is 0 Å². The molecule has 0 aliphatic carbocycles. The van der Waals surface area contributed by atoms with Crippen LogP contribution in [0.4, 0.5) is 0 Å². The summed E-state index contributed by atoms with van der Waals surface area (Å²) >= 11 is 0. The third kappa shape index (κ3) is 5.71. The van der Waals surface area contributed by atoms with Gasteiger partial charge in [0, 0.05) is 18.8 Å². The van der Waals surface area contributed by atoms with E-state index in [4.69, 9.17) is 14.8 Å². The molecule has 10 heteroatoms. The minimum absolute atomic E-state index is 0.0189. The molecular weight excluding hydrogens is 381 g/mol. The molecule has 1 amide bonds. The first-order valence-electron chi connectivity index (χ1n) is 9.55. The number of ketones is 1. The third-order valence-corrected chi connectivity index (χ3v) is 4.91. The Bertz CT molecular complexity index is 776. The second-order valence-corrected chi connectivity index (χ2v) is 7.25. The second-order valence-electron chi connectivity index (χ2n) is 7.25. The van der Waals surface area contributed by atoms with Crippen molar-refractivity contribution in [1.82, 2.24) is 4.90 Å². The second kappa shape index (κ2) is 9.75. The molecule has 1 aliphatic heterocycles. The summed E-state index contributed by atoms with van der Waals surface area (Å²) in [4.78, 5) is 37.0. The summed E-state index contributed by atoms with van der Waals surface area (Å²) in [6.45, 7) is 3.98. The van der Waals surface area contributed by atoms with Gasteiger partial charge in [0.1, 0.15) is 28.9 Å². The fourth-order valence-electron chi connectivity index (χ4n) is 3.16. The number of rotatable bonds is 10. The molecule has 0 unspecified atom stereocenters. The highest BCUT2D eigenvalue weighted by Gasteiger charge is 2.36. The van der Waals surface area contributed by atoms with Crippen molar-refractivity contribution < 1.29 is 39.4 Å². The zero-order valence-corrected chi connectivity index (χ0v) is 16.5. The van der Waals surface area contributed by atoms with E-state index >= 15 is 0 Å². The van der Waals surface area contributed by atoms with Crippen LogP contribution in [0, 0.1) is 5.92 Å². The van der Waals surface area contributed by atoms with E-state index in [0.29, 0.717) is 6.42 Å². The van der Waals surface area contributed by atoms with Crippen molar-refractivity contribution in [2.45, 2.75) is 45.5 Å². The number of ether oxygens (including phenoxy) is 1. The molecule has 1 aromatic rings. The minimum Gasteiger partial charge on any atom is -0.507 e. The average Bonchev–Trinajstić information content (AvgIpc) is 2.62. The lowest BCUT2D eigenvalue weighted by Crippen LogP contribution is -2.57. The predicted octanol–water partition coefficient (Wildman–Crippen LogP) is 0.701. The highest BCUT2D eigenvalue weighted by Crippen LogP contribution is 2.34. The Labute approximate surface area is 169 Å². The molecule has 1 saturated heterocycles. The van der Waals surface area contributed by atoms with E-state index in [2.05, 4.69) is 0 Å². The monoisotopic (exact) mass is 407 g/mol. The quantitative estimate of drug-likeness (QED) is 0.415. The van der Waals surface area contributed by atoms with Crippen molar-refractivity contribution in [2.75, 3.05) is 13.1 Å². The smallest absolute Gasteiger partial charge is 0.451 e. The molecule has 1 fully saturated rings. The van der Waals surface area contributed by atoms with E-state index in [1.54, 1.807) is 18.7 Å². The number of benzene rings is 1. The number of hydrogen-bond acceptors (Lipinski definition) is 7. The van der Waals surface area contributed by atoms with E-state index in [-0.39, 0.29) is 55.3 Å². The topological polar surface area (TPSA) is 145 Å². The standard InChI is InChI=1S/C19H26BNO8/c1-3-13(22)8-11(2)18(24)21-9-14(10-21)29-15-5-4-12(6-7-20(27)28)17(23)16(15)19(25)26/h4-5,11,14,23,27-28H,3,6-10H2,1-2H3,(H,25,26)/t11-/m0/s1. The summed E-state index contributed by atoms with van der Waals surface area (Å²) in [6, 6.07) is 2.88. The molecule has 158 valence electrons. The fraction of sp³-hybridized carbons (Fsp3) is 0.526. The Hall–Kier alpha value is -2.59. The van der Waals surface area contributed by atoms with Gasteiger partial charge in [0.05, 0.1) is 13.1 Å². The van der Waals surface area contributed by atoms with Crippen molar-refractivity contribution >= 4 is 24.8 Å². The number of carboxylic acid groups (broad SMARTS) is 1. The van der Waals surface area contributed by atoms with Gasteiger partial charge in [-0.1, -0.05) is 19.9 Å². The van der Waals surface area contributed by atoms with Crippen molar-refractivity contribution in [3.05, 3.63) is 23.3 Å². The zero-order valence-electron chi connectivity index (χ0n) is 16.5. The number of carbonyl (C=O) groups is 3. The summed E-state index contributed by atoms with van der Waals surface area (Å²) in [7, 11) is -1.56. The van der Waals surface area contributed by atoms with Crippen LogP contribution in [-0.4, -0.2) is 69.1 Å². The molecule has 4 N–H and O–H groups in total. The fourth-order valence-corrected chi connectivity index (χ4v) is 3.16. The Balaban J connectivity index is 2.01. The first-order valence-corrected chi connectivity index (χ1v) is 9.55. The van der Waals surface area contributed by atoms with E-state index in [9.17, 15) is 24.6 Å². The lowest BCUT2D eigenvalue weighted by molar-refractivity contribution is -0.145. The van der Waals surface area contributed by atoms with Gasteiger partial charge in [-0.25, -0.2) is 4.79 Å². The highest BCUT2D eigenvalue weighted by atomic mass is 16.5. The van der Waals surface area contributed by atoms with Crippen molar-refractivity contribution in [1.29, 1.82) is 0 Å². The number of aryl methyl sites for hydroxylation is 1. The van der Waals surface area contributed by atoms with Crippen LogP contribution in [0.15, 0.2) is 12.1 Å². The molecule has 1 atom stereocenters. The number of nitrogens with zero attached hydrogens (tertiary/aromatic N) is 1. The Morgan fingerprint density at radius 2 is 1.93 bits per heavy atom. The molecule has 0 bridgehead atoms. The van der Waals surface area contributed by atoms with E-state index in [1.165, 1.54) is 12.1 Å². The molecule has 0 radical (unpaired) electrons. The van der Waals surface area contributed by atoms with Crippen LogP contribution < -0.4 is 4.74 Å². The number of amides is 1. The largest absolute Gasteiger partial charge is 0.507 e. The van der Waals surface area contributed by atoms with Gasteiger partial charge >= 0.3 is 13.1 Å². The Morgan fingerprint density at radius 3 is 2.48 bits per heavy atom. The number of Topliss-reactive ketones (excluding diaryl/α,β-unsaturated/α-hetero) is 1. The normalized spacial score (nSPS) is 14.8. The van der Waals surface area contributed by atoms with Crippen LogP contribution in [0.5, 0.6) is 11.5 Å². The Kier molecular flexibility index (Phi) is 7.63. The lowest BCUT2D eigenvalue weighted by Gasteiger charge is -2.40. The first-order chi connectivity index (χ1) is 13.6. The summed E-state index contributed by atoms with van der Waals surface area (Å²) in [5.41, 5.74) is -0.135. The SMILES string of the molecule is CCC(=O)C[C@H](C)C(=O)N1CC(Oc2ccc(CCB(O)O)c(O)c2C(=O)O)C1. The van der Waals surface area contributed by atoms with Gasteiger partial charge in [0.15, 0.2) is 0 Å². The molecule has 29 heavy (non-hydrogen) atoms. The molecule has 2 rings (SSSR count). The maximum atomic E-state index is 12.3. The summed E-state index contributed by atoms with van der Waals surface area (Å²) in [5.74, 6) is -2.41. The van der Waals surface area contributed by atoms with Gasteiger partial charge in [-0.05, 0) is 24.4 Å². The van der Waals surface area contributed by atoms with E-state index in [0.717, 1.165) is 0 Å². The van der Waals surface area contributed by atoms with Gasteiger partial charge in [0.2, 0.25) is 5.91 Å². The van der Waals surface area contributed by atoms with Crippen molar-refractivity contribution in [2.24, 2.45) is 5.92 Å². The molecule has 0 saturated carbocycles. The van der Waals surface area contributed by atoms with Crippen LogP contribution in [0.2, 0.25) is 6.32 Å². The maximum absolute atomic E-state index is 12.3. The molecule has 1 aliphatic rings. The number of aromatic carboxylic acids is 1. The Morgan fingerprint density at radius 1 is 1.28 bits per heavy atom. The van der Waals surface area contributed by atoms with Crippen LogP contribution in [0.1, 0.15) is 42.6 Å². The number of carboxylic acids is 1. The number of hydrogen-bond donors (Lipinski definition) is 4. The van der Waals surface area contributed by atoms with Gasteiger partial charge < -0.3 is 29.9 Å². The van der Waals surface area contributed by atoms with Crippen LogP contribution in [0.3, 0.4) is 0 Å². The van der Waals surface area contributed by atoms with Crippen molar-refractivity contribution in [3.63, 3.8) is 0 Å². The van der Waals surface area contributed by atoms with Gasteiger partial charge in [-0.15, -0.1) is 0 Å². The number of likely N-dealkylation sites (tertiary alicyclic amines) is 1. The predicted molar refractivity (Wildman–Crippen MR) is 104 cm³/mol. The summed E-state index contributed by atoms with van der Waals surface area (Å²) < 4.78 is 5.67. The molecule has 1 heterocycles. The maximum Gasteiger partial charge on any atom is 0.451 e. The summed E-state index contributed by atoms with van der Waals surface area (Å²) in [6.07, 6.45) is 0.196. The van der Waals surface area contributed by atoms with Gasteiger partial charge in [-0.3, -0.25) is 9.59 Å². The van der Waals surface area contributed by atoms with Crippen LogP contribution in [-0.2, 0) is 16.0 Å². The van der Waals surface area contributed by atoms with Gasteiger partial charge in [0.25, 0.3) is 0 Å². The van der Waals surface area contributed by atoms with Crippen LogP contribution in [0.25, 0.3) is 0 Å². The molecule has 1 aromatic carbocycles. The third-order valence-electron chi connectivity index (χ3n) is 4.91. The zero-order chi connectivity index (χ0) is 21.7. The number of aromatic hydroxyl groups is 1. The molecule has 0 aromatic heterocycles. The molecule has 9 nitrogen and oxygen atoms in total. The lowest BCUT2D eigenvalue weighted by atomic mass is 9.82. The highest BCUT2D eigenvalue weighted by molar-refractivity contribution is 6.41. The number of phenols is 1. The molecule has 0 spiro atoms. The van der Waals surface area contributed by atoms with E-state index < -0.39 is 36.4 Å². The summed E-state index contributed by atoms with van der Waals surface area (Å²) in [5, 5.41) is 37.6. The van der Waals surface area contributed by atoms with Crippen molar-refractivity contribution in [3.8, 4) is 11.5 Å². The first kappa shape index (κ1) is 22.7.